The first-order chi connectivity index (χ1) is 13.0. The maximum absolute atomic E-state index is 15.0. The molecule has 1 aromatic heterocycles. The van der Waals surface area contributed by atoms with Crippen molar-refractivity contribution in [2.45, 2.75) is 20.3 Å². The number of nitrogens with zero attached hydrogens (tertiary/aromatic N) is 1. The molecule has 0 atom stereocenters. The van der Waals surface area contributed by atoms with E-state index >= 15 is 4.39 Å². The maximum Gasteiger partial charge on any atom is 0.310 e. The van der Waals surface area contributed by atoms with Crippen LogP contribution >= 0.6 is 0 Å². The number of hydrogen-bond acceptors (Lipinski definition) is 4. The molecule has 0 bridgehead atoms. The molecule has 0 radical (unpaired) electrons. The van der Waals surface area contributed by atoms with E-state index in [2.05, 4.69) is 0 Å². The van der Waals surface area contributed by atoms with Crippen molar-refractivity contribution in [1.29, 1.82) is 0 Å². The number of ether oxygens (including phenoxy) is 2. The summed E-state index contributed by atoms with van der Waals surface area (Å²) in [6.45, 7) is 3.63. The van der Waals surface area contributed by atoms with E-state index in [0.717, 1.165) is 0 Å². The topological polar surface area (TPSA) is 57.5 Å². The Balaban J connectivity index is 2.25. The van der Waals surface area contributed by atoms with E-state index in [1.165, 1.54) is 17.7 Å². The van der Waals surface area contributed by atoms with Gasteiger partial charge in [0, 0.05) is 16.6 Å². The molecule has 3 aromatic rings. The Hall–Kier alpha value is -3.15. The molecule has 27 heavy (non-hydrogen) atoms. The van der Waals surface area contributed by atoms with Gasteiger partial charge in [-0.3, -0.25) is 14.2 Å². The van der Waals surface area contributed by atoms with Crippen molar-refractivity contribution in [3.63, 3.8) is 0 Å². The lowest BCUT2D eigenvalue weighted by atomic mass is 10.1. The second-order valence-electron chi connectivity index (χ2n) is 6.03. The molecular formula is C21H20FNO4. The smallest absolute Gasteiger partial charge is 0.310 e. The SMILES string of the molecule is CCOC(=O)Cc1c(C)n(C(=O)c2ccccc2)c2ccc(OC)c(F)c12. The van der Waals surface area contributed by atoms with Gasteiger partial charge in [0.05, 0.1) is 25.7 Å². The van der Waals surface area contributed by atoms with Crippen molar-refractivity contribution >= 4 is 22.8 Å². The summed E-state index contributed by atoms with van der Waals surface area (Å²) in [5, 5.41) is 0.198. The van der Waals surface area contributed by atoms with Crippen LogP contribution in [0, 0.1) is 12.7 Å². The molecule has 0 saturated heterocycles. The summed E-state index contributed by atoms with van der Waals surface area (Å²) in [5.41, 5.74) is 1.78. The van der Waals surface area contributed by atoms with Gasteiger partial charge in [-0.05, 0) is 43.7 Å². The third-order valence-corrected chi connectivity index (χ3v) is 4.47. The van der Waals surface area contributed by atoms with Gasteiger partial charge in [0.25, 0.3) is 5.91 Å². The molecule has 140 valence electrons. The summed E-state index contributed by atoms with van der Waals surface area (Å²) in [4.78, 5) is 25.1. The molecule has 0 spiro atoms. The number of hydrogen-bond donors (Lipinski definition) is 0. The average molecular weight is 369 g/mol. The van der Waals surface area contributed by atoms with E-state index in [9.17, 15) is 9.59 Å². The van der Waals surface area contributed by atoms with Gasteiger partial charge in [-0.25, -0.2) is 4.39 Å². The van der Waals surface area contributed by atoms with Gasteiger partial charge in [-0.2, -0.15) is 0 Å². The standard InChI is InChI=1S/C21H20FNO4/c1-4-27-18(24)12-15-13(2)23(21(25)14-8-6-5-7-9-14)16-10-11-17(26-3)20(22)19(15)16/h5-11H,4,12H2,1-3H3. The molecule has 6 heteroatoms. The molecule has 0 aliphatic heterocycles. The van der Waals surface area contributed by atoms with E-state index in [-0.39, 0.29) is 30.1 Å². The third kappa shape index (κ3) is 3.30. The molecule has 2 aromatic carbocycles. The van der Waals surface area contributed by atoms with Gasteiger partial charge in [0.1, 0.15) is 0 Å². The van der Waals surface area contributed by atoms with Crippen molar-refractivity contribution in [1.82, 2.24) is 4.57 Å². The fraction of sp³-hybridized carbons (Fsp3) is 0.238. The Morgan fingerprint density at radius 3 is 2.44 bits per heavy atom. The summed E-state index contributed by atoms with van der Waals surface area (Å²) < 4.78 is 26.5. The Kier molecular flexibility index (Phi) is 5.26. The number of carbonyl (C=O) groups excluding carboxylic acids is 2. The number of benzene rings is 2. The van der Waals surface area contributed by atoms with Crippen LogP contribution < -0.4 is 4.74 Å². The van der Waals surface area contributed by atoms with Gasteiger partial charge in [-0.1, -0.05) is 18.2 Å². The summed E-state index contributed by atoms with van der Waals surface area (Å²) in [6, 6.07) is 11.8. The summed E-state index contributed by atoms with van der Waals surface area (Å²) in [5.74, 6) is -1.32. The van der Waals surface area contributed by atoms with E-state index in [1.807, 2.05) is 6.07 Å². The summed E-state index contributed by atoms with van der Waals surface area (Å²) in [6.07, 6.45) is -0.130. The highest BCUT2D eigenvalue weighted by atomic mass is 19.1. The van der Waals surface area contributed by atoms with Crippen LogP contribution in [-0.4, -0.2) is 30.2 Å². The zero-order valence-electron chi connectivity index (χ0n) is 15.4. The molecule has 0 amide bonds. The zero-order chi connectivity index (χ0) is 19.6. The minimum absolute atomic E-state index is 0.0527. The number of methoxy groups -OCH3 is 1. The fourth-order valence-corrected chi connectivity index (χ4v) is 3.22. The first kappa shape index (κ1) is 18.6. The quantitative estimate of drug-likeness (QED) is 0.640. The second-order valence-corrected chi connectivity index (χ2v) is 6.03. The molecule has 0 fully saturated rings. The molecular weight excluding hydrogens is 349 g/mol. The van der Waals surface area contributed by atoms with Crippen molar-refractivity contribution < 1.29 is 23.5 Å². The Morgan fingerprint density at radius 1 is 1.11 bits per heavy atom. The van der Waals surface area contributed by atoms with Crippen LogP contribution in [0.2, 0.25) is 0 Å². The molecule has 0 N–H and O–H groups in total. The van der Waals surface area contributed by atoms with E-state index in [4.69, 9.17) is 9.47 Å². The Labute approximate surface area is 156 Å². The van der Waals surface area contributed by atoms with E-state index in [1.54, 1.807) is 44.2 Å². The summed E-state index contributed by atoms with van der Waals surface area (Å²) in [7, 11) is 1.37. The molecule has 0 aliphatic rings. The zero-order valence-corrected chi connectivity index (χ0v) is 15.4. The van der Waals surface area contributed by atoms with Crippen LogP contribution in [0.15, 0.2) is 42.5 Å². The van der Waals surface area contributed by atoms with Crippen LogP contribution in [0.4, 0.5) is 4.39 Å². The maximum atomic E-state index is 15.0. The Bertz CT molecular complexity index is 1010. The van der Waals surface area contributed by atoms with Crippen molar-refractivity contribution in [3.05, 3.63) is 65.1 Å². The van der Waals surface area contributed by atoms with Gasteiger partial charge >= 0.3 is 5.97 Å². The molecule has 0 aliphatic carbocycles. The van der Waals surface area contributed by atoms with Crippen LogP contribution in [0.5, 0.6) is 5.75 Å². The minimum atomic E-state index is -0.600. The molecule has 3 rings (SSSR count). The average Bonchev–Trinajstić information content (AvgIpc) is 2.95. The highest BCUT2D eigenvalue weighted by Crippen LogP contribution is 2.34. The van der Waals surface area contributed by atoms with Crippen LogP contribution in [0.1, 0.15) is 28.5 Å². The van der Waals surface area contributed by atoms with Gasteiger partial charge < -0.3 is 9.47 Å². The van der Waals surface area contributed by atoms with Crippen LogP contribution in [0.25, 0.3) is 10.9 Å². The Morgan fingerprint density at radius 2 is 1.81 bits per heavy atom. The minimum Gasteiger partial charge on any atom is -0.494 e. The largest absolute Gasteiger partial charge is 0.494 e. The molecule has 0 saturated carbocycles. The number of rotatable bonds is 5. The van der Waals surface area contributed by atoms with Crippen molar-refractivity contribution in [2.24, 2.45) is 0 Å². The normalized spacial score (nSPS) is 10.8. The highest BCUT2D eigenvalue weighted by Gasteiger charge is 2.25. The lowest BCUT2D eigenvalue weighted by Crippen LogP contribution is -2.14. The highest BCUT2D eigenvalue weighted by molar-refractivity contribution is 6.05. The predicted octanol–water partition coefficient (Wildman–Crippen LogP) is 3.89. The van der Waals surface area contributed by atoms with Gasteiger partial charge in [0.15, 0.2) is 11.6 Å². The van der Waals surface area contributed by atoms with Crippen molar-refractivity contribution in [3.8, 4) is 5.75 Å². The van der Waals surface area contributed by atoms with E-state index in [0.29, 0.717) is 22.3 Å². The van der Waals surface area contributed by atoms with E-state index < -0.39 is 11.8 Å². The van der Waals surface area contributed by atoms with Gasteiger partial charge in [0.2, 0.25) is 0 Å². The number of esters is 1. The monoisotopic (exact) mass is 369 g/mol. The second kappa shape index (κ2) is 7.61. The summed E-state index contributed by atoms with van der Waals surface area (Å²) >= 11 is 0. The molecule has 1 heterocycles. The van der Waals surface area contributed by atoms with Crippen LogP contribution in [0.3, 0.4) is 0 Å². The molecule has 0 unspecified atom stereocenters. The molecule has 5 nitrogen and oxygen atoms in total. The van der Waals surface area contributed by atoms with Crippen molar-refractivity contribution in [2.75, 3.05) is 13.7 Å². The van der Waals surface area contributed by atoms with Crippen LogP contribution in [-0.2, 0) is 16.0 Å². The lowest BCUT2D eigenvalue weighted by molar-refractivity contribution is -0.142. The first-order valence-electron chi connectivity index (χ1n) is 8.61. The first-order valence-corrected chi connectivity index (χ1v) is 8.61. The van der Waals surface area contributed by atoms with Gasteiger partial charge in [-0.15, -0.1) is 0 Å². The predicted molar refractivity (Wildman–Crippen MR) is 99.7 cm³/mol. The number of carbonyl (C=O) groups is 2. The number of fused-ring (bicyclic) bond motifs is 1. The number of halogens is 1. The fourth-order valence-electron chi connectivity index (χ4n) is 3.22. The number of aromatic nitrogens is 1. The lowest BCUT2D eigenvalue weighted by Gasteiger charge is -2.08. The third-order valence-electron chi connectivity index (χ3n) is 4.47.